The van der Waals surface area contributed by atoms with Crippen LogP contribution in [0.2, 0.25) is 0 Å². The second kappa shape index (κ2) is 7.31. The van der Waals surface area contributed by atoms with Gasteiger partial charge >= 0.3 is 0 Å². The zero-order chi connectivity index (χ0) is 13.8. The number of carbonyl (C=O) groups excluding carboxylic acids is 1. The third-order valence-electron chi connectivity index (χ3n) is 2.20. The van der Waals surface area contributed by atoms with E-state index in [4.69, 9.17) is 10.5 Å². The summed E-state index contributed by atoms with van der Waals surface area (Å²) in [5.74, 6) is -0.958. The molecular formula is C13H20ClFN2O2. The molecule has 0 radical (unpaired) electrons. The Bertz CT molecular complexity index is 433. The van der Waals surface area contributed by atoms with Gasteiger partial charge in [0.15, 0.2) is 11.6 Å². The van der Waals surface area contributed by atoms with Gasteiger partial charge in [0.1, 0.15) is 0 Å². The van der Waals surface area contributed by atoms with E-state index in [1.807, 2.05) is 0 Å². The summed E-state index contributed by atoms with van der Waals surface area (Å²) in [5, 5.41) is 2.65. The maximum atomic E-state index is 13.5. The first-order chi connectivity index (χ1) is 8.35. The van der Waals surface area contributed by atoms with Crippen LogP contribution >= 0.6 is 12.4 Å². The Morgan fingerprint density at radius 2 is 2.11 bits per heavy atom. The van der Waals surface area contributed by atoms with Crippen molar-refractivity contribution in [2.75, 3.05) is 13.2 Å². The molecule has 1 amide bonds. The molecule has 19 heavy (non-hydrogen) atoms. The van der Waals surface area contributed by atoms with Crippen LogP contribution < -0.4 is 15.8 Å². The fourth-order valence-corrected chi connectivity index (χ4v) is 1.38. The molecule has 0 aliphatic rings. The second-order valence-electron chi connectivity index (χ2n) is 4.72. The first kappa shape index (κ1) is 17.7. The smallest absolute Gasteiger partial charge is 0.255 e. The molecule has 3 N–H and O–H groups in total. The van der Waals surface area contributed by atoms with Crippen LogP contribution in [-0.2, 0) is 0 Å². The molecule has 6 heteroatoms. The van der Waals surface area contributed by atoms with Crippen LogP contribution in [-0.4, -0.2) is 24.6 Å². The lowest BCUT2D eigenvalue weighted by atomic mass is 10.1. The van der Waals surface area contributed by atoms with Gasteiger partial charge in [0.2, 0.25) is 0 Å². The normalized spacial score (nSPS) is 10.6. The minimum absolute atomic E-state index is 0. The SMILES string of the molecule is CCOc1c(F)cccc1C(=O)NCC(C)(C)N.Cl. The first-order valence-electron chi connectivity index (χ1n) is 5.83. The van der Waals surface area contributed by atoms with Crippen molar-refractivity contribution in [2.45, 2.75) is 26.3 Å². The Balaban J connectivity index is 0.00000324. The topological polar surface area (TPSA) is 64.3 Å². The summed E-state index contributed by atoms with van der Waals surface area (Å²) >= 11 is 0. The molecule has 0 aliphatic carbocycles. The summed E-state index contributed by atoms with van der Waals surface area (Å²) < 4.78 is 18.7. The van der Waals surface area contributed by atoms with Gasteiger partial charge in [-0.05, 0) is 32.9 Å². The summed E-state index contributed by atoms with van der Waals surface area (Å²) in [5.41, 5.74) is 5.43. The molecule has 1 aromatic carbocycles. The lowest BCUT2D eigenvalue weighted by Gasteiger charge is -2.19. The quantitative estimate of drug-likeness (QED) is 0.873. The van der Waals surface area contributed by atoms with Gasteiger partial charge in [0, 0.05) is 12.1 Å². The summed E-state index contributed by atoms with van der Waals surface area (Å²) in [6.45, 7) is 5.92. The van der Waals surface area contributed by atoms with Crippen LogP contribution in [0.5, 0.6) is 5.75 Å². The van der Waals surface area contributed by atoms with E-state index >= 15 is 0 Å². The second-order valence-corrected chi connectivity index (χ2v) is 4.72. The zero-order valence-corrected chi connectivity index (χ0v) is 12.1. The number of ether oxygens (including phenoxy) is 1. The average molecular weight is 291 g/mol. The Morgan fingerprint density at radius 3 is 2.63 bits per heavy atom. The van der Waals surface area contributed by atoms with Gasteiger partial charge in [-0.2, -0.15) is 0 Å². The van der Waals surface area contributed by atoms with Crippen molar-refractivity contribution in [1.29, 1.82) is 0 Å². The molecule has 0 atom stereocenters. The van der Waals surface area contributed by atoms with E-state index in [1.165, 1.54) is 18.2 Å². The highest BCUT2D eigenvalue weighted by atomic mass is 35.5. The van der Waals surface area contributed by atoms with Crippen molar-refractivity contribution < 1.29 is 13.9 Å². The van der Waals surface area contributed by atoms with Crippen LogP contribution in [0.3, 0.4) is 0 Å². The largest absolute Gasteiger partial charge is 0.490 e. The van der Waals surface area contributed by atoms with E-state index in [9.17, 15) is 9.18 Å². The summed E-state index contributed by atoms with van der Waals surface area (Å²) in [7, 11) is 0. The van der Waals surface area contributed by atoms with Gasteiger partial charge in [-0.3, -0.25) is 4.79 Å². The fourth-order valence-electron chi connectivity index (χ4n) is 1.38. The summed E-state index contributed by atoms with van der Waals surface area (Å²) in [4.78, 5) is 11.9. The molecule has 1 aromatic rings. The molecule has 0 fully saturated rings. The Kier molecular flexibility index (Phi) is 6.79. The number of nitrogens with two attached hydrogens (primary N) is 1. The average Bonchev–Trinajstić information content (AvgIpc) is 2.28. The van der Waals surface area contributed by atoms with Crippen LogP contribution in [0.1, 0.15) is 31.1 Å². The number of amides is 1. The summed E-state index contributed by atoms with van der Waals surface area (Å²) in [6.07, 6.45) is 0. The minimum atomic E-state index is -0.545. The number of rotatable bonds is 5. The zero-order valence-electron chi connectivity index (χ0n) is 11.3. The van der Waals surface area contributed by atoms with Gasteiger partial charge in [0.25, 0.3) is 5.91 Å². The van der Waals surface area contributed by atoms with E-state index in [0.29, 0.717) is 13.2 Å². The molecule has 0 heterocycles. The van der Waals surface area contributed by atoms with E-state index < -0.39 is 17.3 Å². The van der Waals surface area contributed by atoms with E-state index in [-0.39, 0.29) is 23.7 Å². The van der Waals surface area contributed by atoms with Gasteiger partial charge in [-0.15, -0.1) is 12.4 Å². The van der Waals surface area contributed by atoms with Crippen molar-refractivity contribution in [1.82, 2.24) is 5.32 Å². The van der Waals surface area contributed by atoms with Gasteiger partial charge in [-0.25, -0.2) is 4.39 Å². The lowest BCUT2D eigenvalue weighted by molar-refractivity contribution is 0.0941. The highest BCUT2D eigenvalue weighted by Crippen LogP contribution is 2.22. The Morgan fingerprint density at radius 1 is 1.47 bits per heavy atom. The van der Waals surface area contributed by atoms with Crippen LogP contribution in [0, 0.1) is 5.82 Å². The monoisotopic (exact) mass is 290 g/mol. The number of halogens is 2. The van der Waals surface area contributed by atoms with Gasteiger partial charge in [-0.1, -0.05) is 6.07 Å². The van der Waals surface area contributed by atoms with Gasteiger partial charge in [0.05, 0.1) is 12.2 Å². The highest BCUT2D eigenvalue weighted by molar-refractivity contribution is 5.97. The lowest BCUT2D eigenvalue weighted by Crippen LogP contribution is -2.45. The number of nitrogens with one attached hydrogen (secondary N) is 1. The third kappa shape index (κ3) is 5.44. The van der Waals surface area contributed by atoms with Crippen molar-refractivity contribution in [3.8, 4) is 5.75 Å². The molecule has 4 nitrogen and oxygen atoms in total. The van der Waals surface area contributed by atoms with E-state index in [0.717, 1.165) is 0 Å². The number of hydrogen-bond acceptors (Lipinski definition) is 3. The Labute approximate surface area is 118 Å². The Hall–Kier alpha value is -1.33. The fraction of sp³-hybridized carbons (Fsp3) is 0.462. The minimum Gasteiger partial charge on any atom is -0.490 e. The van der Waals surface area contributed by atoms with Crippen molar-refractivity contribution in [3.05, 3.63) is 29.6 Å². The predicted octanol–water partition coefficient (Wildman–Crippen LogP) is 2.11. The van der Waals surface area contributed by atoms with E-state index in [1.54, 1.807) is 20.8 Å². The molecule has 0 saturated heterocycles. The maximum absolute atomic E-state index is 13.5. The number of carbonyl (C=O) groups is 1. The molecule has 0 aromatic heterocycles. The number of para-hydroxylation sites is 1. The molecule has 0 saturated carbocycles. The van der Waals surface area contributed by atoms with Crippen molar-refractivity contribution >= 4 is 18.3 Å². The van der Waals surface area contributed by atoms with Crippen LogP contribution in [0.4, 0.5) is 4.39 Å². The molecule has 0 spiro atoms. The number of benzene rings is 1. The predicted molar refractivity (Wildman–Crippen MR) is 75.4 cm³/mol. The van der Waals surface area contributed by atoms with Crippen LogP contribution in [0.15, 0.2) is 18.2 Å². The molecule has 1 rings (SSSR count). The number of hydrogen-bond donors (Lipinski definition) is 2. The maximum Gasteiger partial charge on any atom is 0.255 e. The molecule has 108 valence electrons. The van der Waals surface area contributed by atoms with Gasteiger partial charge < -0.3 is 15.8 Å². The third-order valence-corrected chi connectivity index (χ3v) is 2.20. The molecule has 0 unspecified atom stereocenters. The molecule has 0 aliphatic heterocycles. The van der Waals surface area contributed by atoms with Crippen molar-refractivity contribution in [2.24, 2.45) is 5.73 Å². The molecule has 0 bridgehead atoms. The van der Waals surface area contributed by atoms with E-state index in [2.05, 4.69) is 5.32 Å². The summed E-state index contributed by atoms with van der Waals surface area (Å²) in [6, 6.07) is 4.25. The van der Waals surface area contributed by atoms with Crippen LogP contribution in [0.25, 0.3) is 0 Å². The first-order valence-corrected chi connectivity index (χ1v) is 5.83. The highest BCUT2D eigenvalue weighted by Gasteiger charge is 2.18. The molecular weight excluding hydrogens is 271 g/mol. The standard InChI is InChI=1S/C13H19FN2O2.ClH/c1-4-18-11-9(6-5-7-10(11)14)12(17)16-8-13(2,3)15;/h5-7H,4,8,15H2,1-3H3,(H,16,17);1H. The van der Waals surface area contributed by atoms with Crippen molar-refractivity contribution in [3.63, 3.8) is 0 Å².